The van der Waals surface area contributed by atoms with Crippen molar-refractivity contribution in [1.29, 1.82) is 0 Å². The van der Waals surface area contributed by atoms with Crippen LogP contribution in [0.25, 0.3) is 0 Å². The summed E-state index contributed by atoms with van der Waals surface area (Å²) in [6, 6.07) is 22.1. The lowest BCUT2D eigenvalue weighted by Gasteiger charge is -2.36. The Morgan fingerprint density at radius 1 is 1.09 bits per heavy atom. The largest absolute Gasteiger partial charge is 0.463 e. The summed E-state index contributed by atoms with van der Waals surface area (Å²) in [4.78, 5) is 26.7. The number of esters is 2. The van der Waals surface area contributed by atoms with E-state index in [1.165, 1.54) is 0 Å². The Labute approximate surface area is 192 Å². The lowest BCUT2D eigenvalue weighted by Crippen LogP contribution is -2.43. The van der Waals surface area contributed by atoms with Crippen LogP contribution >= 0.6 is 11.6 Å². The molecule has 0 amide bonds. The third-order valence-electron chi connectivity index (χ3n) is 5.84. The summed E-state index contributed by atoms with van der Waals surface area (Å²) in [7, 11) is 0. The molecule has 3 aromatic carbocycles. The van der Waals surface area contributed by atoms with Crippen molar-refractivity contribution < 1.29 is 19.1 Å². The maximum Gasteiger partial charge on any atom is 0.334 e. The van der Waals surface area contributed by atoms with Crippen LogP contribution in [0, 0.1) is 6.92 Å². The van der Waals surface area contributed by atoms with Crippen molar-refractivity contribution in [3.8, 4) is 5.75 Å². The minimum atomic E-state index is -1.32. The van der Waals surface area contributed by atoms with E-state index in [0.29, 0.717) is 27.5 Å². The highest BCUT2D eigenvalue weighted by atomic mass is 35.5. The molecule has 1 aliphatic rings. The van der Waals surface area contributed by atoms with Gasteiger partial charge in [-0.05, 0) is 43.2 Å². The number of ether oxygens (including phenoxy) is 2. The molecule has 0 unspecified atom stereocenters. The summed E-state index contributed by atoms with van der Waals surface area (Å²) in [6.45, 7) is 7.99. The molecular weight excluding hydrogens is 424 g/mol. The second kappa shape index (κ2) is 8.64. The van der Waals surface area contributed by atoms with Gasteiger partial charge in [-0.25, -0.2) is 4.79 Å². The Hall–Kier alpha value is -3.37. The summed E-state index contributed by atoms with van der Waals surface area (Å²) in [5.74, 6) is -1.32. The molecule has 0 radical (unpaired) electrons. The molecule has 3 aromatic rings. The van der Waals surface area contributed by atoms with Gasteiger partial charge in [0.25, 0.3) is 0 Å². The number of aryl methyl sites for hydroxylation is 1. The SMILES string of the molecule is C=C(C(=O)OCC)[C@@H](c1ccc(Cl)cc1)[C@@]1(c2ccccc2)C(=O)Oc2ccc(C)cc21. The Morgan fingerprint density at radius 2 is 1.78 bits per heavy atom. The Morgan fingerprint density at radius 3 is 2.44 bits per heavy atom. The molecule has 0 fully saturated rings. The lowest BCUT2D eigenvalue weighted by atomic mass is 9.62. The van der Waals surface area contributed by atoms with Gasteiger partial charge in [-0.2, -0.15) is 0 Å². The quantitative estimate of drug-likeness (QED) is 0.274. The van der Waals surface area contributed by atoms with Crippen LogP contribution in [0.4, 0.5) is 0 Å². The fraction of sp³-hybridized carbons (Fsp3) is 0.185. The van der Waals surface area contributed by atoms with Gasteiger partial charge in [-0.3, -0.25) is 4.79 Å². The van der Waals surface area contributed by atoms with Crippen molar-refractivity contribution >= 4 is 23.5 Å². The minimum absolute atomic E-state index is 0.171. The highest BCUT2D eigenvalue weighted by Gasteiger charge is 2.58. The number of carbonyl (C=O) groups is 2. The summed E-state index contributed by atoms with van der Waals surface area (Å²) in [6.07, 6.45) is 0. The molecule has 4 rings (SSSR count). The first kappa shape index (κ1) is 21.8. The number of carbonyl (C=O) groups excluding carboxylic acids is 2. The first-order chi connectivity index (χ1) is 15.4. The maximum atomic E-state index is 13.8. The van der Waals surface area contributed by atoms with E-state index in [1.54, 1.807) is 25.1 Å². The lowest BCUT2D eigenvalue weighted by molar-refractivity contribution is -0.140. The van der Waals surface area contributed by atoms with Crippen LogP contribution in [-0.4, -0.2) is 18.5 Å². The van der Waals surface area contributed by atoms with E-state index in [-0.39, 0.29) is 12.2 Å². The van der Waals surface area contributed by atoms with Gasteiger partial charge in [0.1, 0.15) is 11.2 Å². The smallest absolute Gasteiger partial charge is 0.334 e. The van der Waals surface area contributed by atoms with Crippen LogP contribution in [0.2, 0.25) is 5.02 Å². The van der Waals surface area contributed by atoms with Crippen LogP contribution in [-0.2, 0) is 19.7 Å². The predicted octanol–water partition coefficient (Wildman–Crippen LogP) is 5.76. The van der Waals surface area contributed by atoms with Crippen molar-refractivity contribution in [2.75, 3.05) is 6.61 Å². The molecule has 4 nitrogen and oxygen atoms in total. The second-order valence-electron chi connectivity index (χ2n) is 7.79. The average molecular weight is 447 g/mol. The van der Waals surface area contributed by atoms with E-state index in [2.05, 4.69) is 6.58 Å². The number of rotatable bonds is 6. The molecule has 0 aromatic heterocycles. The van der Waals surface area contributed by atoms with Crippen LogP contribution in [0.5, 0.6) is 5.75 Å². The number of halogens is 1. The van der Waals surface area contributed by atoms with Gasteiger partial charge >= 0.3 is 11.9 Å². The van der Waals surface area contributed by atoms with E-state index in [4.69, 9.17) is 21.1 Å². The van der Waals surface area contributed by atoms with Crippen molar-refractivity contribution in [3.05, 3.63) is 112 Å². The third-order valence-corrected chi connectivity index (χ3v) is 6.09. The Balaban J connectivity index is 2.07. The molecule has 32 heavy (non-hydrogen) atoms. The van der Waals surface area contributed by atoms with Crippen molar-refractivity contribution in [2.24, 2.45) is 0 Å². The molecule has 1 heterocycles. The van der Waals surface area contributed by atoms with Crippen LogP contribution in [0.3, 0.4) is 0 Å². The standard InChI is InChI=1S/C27H23ClO4/c1-4-31-25(29)18(3)24(19-11-13-21(28)14-12-19)27(20-8-6-5-7-9-20)22-16-17(2)10-15-23(22)32-26(27)30/h5-16,24H,3-4H2,1-2H3/t24-,27-/m0/s1. The fourth-order valence-corrected chi connectivity index (χ4v) is 4.58. The number of fused-ring (bicyclic) bond motifs is 1. The summed E-state index contributed by atoms with van der Waals surface area (Å²) < 4.78 is 11.1. The minimum Gasteiger partial charge on any atom is -0.463 e. The maximum absolute atomic E-state index is 13.8. The summed E-state index contributed by atoms with van der Waals surface area (Å²) in [5.41, 5.74) is 1.94. The van der Waals surface area contributed by atoms with Gasteiger partial charge in [0.2, 0.25) is 0 Å². The number of benzene rings is 3. The van der Waals surface area contributed by atoms with Crippen molar-refractivity contribution in [2.45, 2.75) is 25.2 Å². The number of hydrogen-bond donors (Lipinski definition) is 0. The normalized spacial score (nSPS) is 17.9. The van der Waals surface area contributed by atoms with E-state index in [9.17, 15) is 9.59 Å². The molecule has 2 atom stereocenters. The molecule has 0 spiro atoms. The van der Waals surface area contributed by atoms with Crippen LogP contribution in [0.15, 0.2) is 84.9 Å². The zero-order chi connectivity index (χ0) is 22.9. The summed E-state index contributed by atoms with van der Waals surface area (Å²) in [5, 5.41) is 0.549. The van der Waals surface area contributed by atoms with Gasteiger partial charge in [-0.1, -0.05) is 78.3 Å². The van der Waals surface area contributed by atoms with Gasteiger partial charge in [-0.15, -0.1) is 0 Å². The van der Waals surface area contributed by atoms with Crippen molar-refractivity contribution in [1.82, 2.24) is 0 Å². The van der Waals surface area contributed by atoms with E-state index in [0.717, 1.165) is 5.56 Å². The highest BCUT2D eigenvalue weighted by molar-refractivity contribution is 6.30. The monoisotopic (exact) mass is 446 g/mol. The third kappa shape index (κ3) is 3.51. The first-order valence-electron chi connectivity index (χ1n) is 10.4. The Kier molecular flexibility index (Phi) is 5.90. The molecule has 0 bridgehead atoms. The topological polar surface area (TPSA) is 52.6 Å². The predicted molar refractivity (Wildman–Crippen MR) is 124 cm³/mol. The van der Waals surface area contributed by atoms with E-state index in [1.807, 2.05) is 61.5 Å². The fourth-order valence-electron chi connectivity index (χ4n) is 4.46. The zero-order valence-corrected chi connectivity index (χ0v) is 18.7. The van der Waals surface area contributed by atoms with E-state index >= 15 is 0 Å². The molecule has 0 N–H and O–H groups in total. The van der Waals surface area contributed by atoms with Crippen LogP contribution in [0.1, 0.15) is 35.1 Å². The van der Waals surface area contributed by atoms with Gasteiger partial charge in [0.15, 0.2) is 0 Å². The molecule has 1 aliphatic heterocycles. The molecule has 162 valence electrons. The average Bonchev–Trinajstić information content (AvgIpc) is 3.08. The van der Waals surface area contributed by atoms with Gasteiger partial charge < -0.3 is 9.47 Å². The van der Waals surface area contributed by atoms with Crippen LogP contribution < -0.4 is 4.74 Å². The Bertz CT molecular complexity index is 1180. The highest BCUT2D eigenvalue weighted by Crippen LogP contribution is 2.55. The molecule has 0 aliphatic carbocycles. The molecule has 5 heteroatoms. The number of hydrogen-bond acceptors (Lipinski definition) is 4. The first-order valence-corrected chi connectivity index (χ1v) is 10.8. The molecule has 0 saturated carbocycles. The zero-order valence-electron chi connectivity index (χ0n) is 17.9. The van der Waals surface area contributed by atoms with Gasteiger partial charge in [0.05, 0.1) is 6.61 Å². The molecular formula is C27H23ClO4. The van der Waals surface area contributed by atoms with Gasteiger partial charge in [0, 0.05) is 22.1 Å². The molecule has 0 saturated heterocycles. The second-order valence-corrected chi connectivity index (χ2v) is 8.23. The summed E-state index contributed by atoms with van der Waals surface area (Å²) >= 11 is 6.14. The van der Waals surface area contributed by atoms with Crippen molar-refractivity contribution in [3.63, 3.8) is 0 Å². The van der Waals surface area contributed by atoms with E-state index < -0.39 is 23.3 Å².